The predicted molar refractivity (Wildman–Crippen MR) is 110 cm³/mol. The lowest BCUT2D eigenvalue weighted by Crippen LogP contribution is -2.46. The normalized spacial score (nSPS) is 14.9. The highest BCUT2D eigenvalue weighted by Gasteiger charge is 2.26. The minimum Gasteiger partial charge on any atom is -0.459 e. The molecular weight excluding hydrogens is 392 g/mol. The van der Waals surface area contributed by atoms with Gasteiger partial charge in [0.15, 0.2) is 10.5 Å². The number of hydrogen-bond donors (Lipinski definition) is 3. The van der Waals surface area contributed by atoms with E-state index in [1.54, 1.807) is 29.2 Å². The highest BCUT2D eigenvalue weighted by atomic mass is 32.1. The molecule has 0 radical (unpaired) electrons. The largest absolute Gasteiger partial charge is 0.459 e. The van der Waals surface area contributed by atoms with Gasteiger partial charge < -0.3 is 19.6 Å². The fourth-order valence-corrected chi connectivity index (χ4v) is 3.77. The Kier molecular flexibility index (Phi) is 5.06. The minimum absolute atomic E-state index is 0.0117. The Hall–Kier alpha value is -3.20. The fraction of sp³-hybridized carbons (Fsp3) is 0.300. The molecule has 1 saturated heterocycles. The van der Waals surface area contributed by atoms with Gasteiger partial charge >= 0.3 is 0 Å². The summed E-state index contributed by atoms with van der Waals surface area (Å²) >= 11 is 5.00. The second-order valence-corrected chi connectivity index (χ2v) is 7.55. The van der Waals surface area contributed by atoms with Gasteiger partial charge in [0, 0.05) is 30.3 Å². The predicted octanol–water partition coefficient (Wildman–Crippen LogP) is 2.52. The van der Waals surface area contributed by atoms with Gasteiger partial charge in [0.05, 0.1) is 17.2 Å². The third-order valence-electron chi connectivity index (χ3n) is 5.17. The standard InChI is InChI=1S/C20H20N4O4S/c1-11-6-9-28-16(11)18(26)21-13-4-7-24(8-5-13)19(27)12-2-3-14-15(10-12)22-20(29)23-17(14)25/h2-3,6,9-10,13H,4-5,7-8H2,1H3,(H,21,26)(H2,22,23,25,29). The average Bonchev–Trinajstić information content (AvgIpc) is 3.13. The van der Waals surface area contributed by atoms with Gasteiger partial charge in [-0.2, -0.15) is 0 Å². The highest BCUT2D eigenvalue weighted by molar-refractivity contribution is 7.71. The Morgan fingerprint density at radius 2 is 1.97 bits per heavy atom. The zero-order valence-electron chi connectivity index (χ0n) is 15.8. The molecule has 3 heterocycles. The van der Waals surface area contributed by atoms with Crippen molar-refractivity contribution in [3.8, 4) is 0 Å². The number of rotatable bonds is 3. The summed E-state index contributed by atoms with van der Waals surface area (Å²) in [7, 11) is 0. The molecule has 2 aromatic heterocycles. The summed E-state index contributed by atoms with van der Waals surface area (Å²) < 4.78 is 5.44. The number of aromatic nitrogens is 2. The minimum atomic E-state index is -0.286. The van der Waals surface area contributed by atoms with Gasteiger partial charge in [0.1, 0.15) is 0 Å². The number of carbonyl (C=O) groups excluding carboxylic acids is 2. The molecule has 1 aromatic carbocycles. The van der Waals surface area contributed by atoms with Crippen LogP contribution in [0.1, 0.15) is 39.3 Å². The zero-order valence-corrected chi connectivity index (χ0v) is 16.6. The van der Waals surface area contributed by atoms with Gasteiger partial charge in [-0.05, 0) is 56.2 Å². The third kappa shape index (κ3) is 3.86. The Bertz CT molecular complexity index is 1200. The SMILES string of the molecule is Cc1ccoc1C(=O)NC1CCN(C(=O)c2ccc3c(=O)[nH]c(=S)[nH]c3c2)CC1. The molecule has 8 nitrogen and oxygen atoms in total. The number of hydrogen-bond acceptors (Lipinski definition) is 5. The summed E-state index contributed by atoms with van der Waals surface area (Å²) in [6, 6.07) is 6.65. The molecule has 0 bridgehead atoms. The van der Waals surface area contributed by atoms with Crippen LogP contribution in [0.4, 0.5) is 0 Å². The van der Waals surface area contributed by atoms with Crippen molar-refractivity contribution in [2.45, 2.75) is 25.8 Å². The molecule has 0 unspecified atom stereocenters. The molecule has 1 aliphatic rings. The second kappa shape index (κ2) is 7.67. The molecular formula is C20H20N4O4S. The number of aromatic amines is 2. The molecule has 0 saturated carbocycles. The van der Waals surface area contributed by atoms with Gasteiger partial charge in [0.25, 0.3) is 17.4 Å². The lowest BCUT2D eigenvalue weighted by atomic mass is 10.0. The third-order valence-corrected chi connectivity index (χ3v) is 5.38. The molecule has 1 fully saturated rings. The lowest BCUT2D eigenvalue weighted by Gasteiger charge is -2.32. The Morgan fingerprint density at radius 1 is 1.21 bits per heavy atom. The number of fused-ring (bicyclic) bond motifs is 1. The van der Waals surface area contributed by atoms with Crippen LogP contribution in [0.25, 0.3) is 10.9 Å². The summed E-state index contributed by atoms with van der Waals surface area (Å²) in [5.41, 5.74) is 1.53. The fourth-order valence-electron chi connectivity index (χ4n) is 3.57. The molecule has 0 atom stereocenters. The summed E-state index contributed by atoms with van der Waals surface area (Å²) in [4.78, 5) is 44.3. The summed E-state index contributed by atoms with van der Waals surface area (Å²) in [6.45, 7) is 2.89. The molecule has 1 aliphatic heterocycles. The number of nitrogens with zero attached hydrogens (tertiary/aromatic N) is 1. The van der Waals surface area contributed by atoms with Crippen LogP contribution in [0, 0.1) is 11.7 Å². The first kappa shape index (κ1) is 19.1. The van der Waals surface area contributed by atoms with E-state index in [-0.39, 0.29) is 28.2 Å². The van der Waals surface area contributed by atoms with Crippen LogP contribution in [-0.2, 0) is 0 Å². The van der Waals surface area contributed by atoms with E-state index in [0.717, 1.165) is 5.56 Å². The zero-order chi connectivity index (χ0) is 20.5. The van der Waals surface area contributed by atoms with E-state index >= 15 is 0 Å². The van der Waals surface area contributed by atoms with Crippen molar-refractivity contribution in [1.82, 2.24) is 20.2 Å². The van der Waals surface area contributed by atoms with Crippen LogP contribution in [-0.4, -0.2) is 45.8 Å². The van der Waals surface area contributed by atoms with Gasteiger partial charge in [-0.1, -0.05) is 0 Å². The smallest absolute Gasteiger partial charge is 0.287 e. The molecule has 0 spiro atoms. The number of benzene rings is 1. The van der Waals surface area contributed by atoms with Crippen LogP contribution in [0.3, 0.4) is 0 Å². The number of aryl methyl sites for hydroxylation is 1. The van der Waals surface area contributed by atoms with Crippen molar-refractivity contribution < 1.29 is 14.0 Å². The first-order valence-corrected chi connectivity index (χ1v) is 9.74. The first-order chi connectivity index (χ1) is 13.9. The number of amides is 2. The first-order valence-electron chi connectivity index (χ1n) is 9.33. The molecule has 4 rings (SSSR count). The maximum atomic E-state index is 12.9. The Labute approximate surface area is 170 Å². The van der Waals surface area contributed by atoms with E-state index in [2.05, 4.69) is 15.3 Å². The van der Waals surface area contributed by atoms with Gasteiger partial charge in [-0.25, -0.2) is 0 Å². The van der Waals surface area contributed by atoms with Gasteiger partial charge in [-0.15, -0.1) is 0 Å². The van der Waals surface area contributed by atoms with Gasteiger partial charge in [0.2, 0.25) is 0 Å². The van der Waals surface area contributed by atoms with E-state index in [1.807, 2.05) is 6.92 Å². The maximum absolute atomic E-state index is 12.9. The van der Waals surface area contributed by atoms with E-state index in [4.69, 9.17) is 16.6 Å². The number of likely N-dealkylation sites (tertiary alicyclic amines) is 1. The van der Waals surface area contributed by atoms with Crippen molar-refractivity contribution >= 4 is 34.9 Å². The van der Waals surface area contributed by atoms with E-state index in [9.17, 15) is 14.4 Å². The summed E-state index contributed by atoms with van der Waals surface area (Å²) in [6.07, 6.45) is 2.81. The Balaban J connectivity index is 1.42. The van der Waals surface area contributed by atoms with Crippen molar-refractivity contribution in [2.75, 3.05) is 13.1 Å². The van der Waals surface area contributed by atoms with E-state index < -0.39 is 0 Å². The van der Waals surface area contributed by atoms with Crippen molar-refractivity contribution in [3.05, 3.63) is 62.5 Å². The van der Waals surface area contributed by atoms with Crippen molar-refractivity contribution in [3.63, 3.8) is 0 Å². The molecule has 150 valence electrons. The summed E-state index contributed by atoms with van der Waals surface area (Å²) in [5.74, 6) is -0.0162. The van der Waals surface area contributed by atoms with Crippen molar-refractivity contribution in [1.29, 1.82) is 0 Å². The van der Waals surface area contributed by atoms with Crippen LogP contribution in [0.5, 0.6) is 0 Å². The number of nitrogens with one attached hydrogen (secondary N) is 3. The molecule has 3 aromatic rings. The number of piperidine rings is 1. The quantitative estimate of drug-likeness (QED) is 0.573. The number of furan rings is 1. The van der Waals surface area contributed by atoms with E-state index in [1.165, 1.54) is 6.26 Å². The molecule has 0 aliphatic carbocycles. The highest BCUT2D eigenvalue weighted by Crippen LogP contribution is 2.17. The Morgan fingerprint density at radius 3 is 2.66 bits per heavy atom. The van der Waals surface area contributed by atoms with Crippen LogP contribution < -0.4 is 10.9 Å². The van der Waals surface area contributed by atoms with Crippen LogP contribution in [0.2, 0.25) is 0 Å². The maximum Gasteiger partial charge on any atom is 0.287 e. The average molecular weight is 412 g/mol. The van der Waals surface area contributed by atoms with Crippen molar-refractivity contribution in [2.24, 2.45) is 0 Å². The molecule has 3 N–H and O–H groups in total. The van der Waals surface area contributed by atoms with Crippen LogP contribution in [0.15, 0.2) is 39.7 Å². The van der Waals surface area contributed by atoms with Gasteiger partial charge in [-0.3, -0.25) is 19.4 Å². The lowest BCUT2D eigenvalue weighted by molar-refractivity contribution is 0.0696. The van der Waals surface area contributed by atoms with E-state index in [0.29, 0.717) is 48.2 Å². The number of H-pyrrole nitrogens is 2. The van der Waals surface area contributed by atoms with Crippen LogP contribution >= 0.6 is 12.2 Å². The summed E-state index contributed by atoms with van der Waals surface area (Å²) in [5, 5.41) is 3.42. The molecule has 29 heavy (non-hydrogen) atoms. The molecule has 9 heteroatoms. The number of carbonyl (C=O) groups is 2. The second-order valence-electron chi connectivity index (χ2n) is 7.14. The topological polar surface area (TPSA) is 111 Å². The monoisotopic (exact) mass is 412 g/mol. The molecule has 2 amide bonds.